The van der Waals surface area contributed by atoms with Crippen molar-refractivity contribution in [3.8, 4) is 0 Å². The highest BCUT2D eigenvalue weighted by molar-refractivity contribution is 5.94. The molecule has 3 heteroatoms. The molecule has 0 saturated carbocycles. The molecule has 1 rings (SSSR count). The Balaban J connectivity index is 2.72. The monoisotopic (exact) mass is 263 g/mol. The molecule has 1 aromatic rings. The van der Waals surface area contributed by atoms with Gasteiger partial charge in [0.15, 0.2) is 0 Å². The highest BCUT2D eigenvalue weighted by atomic mass is 16.5. The lowest BCUT2D eigenvalue weighted by Gasteiger charge is -2.20. The lowest BCUT2D eigenvalue weighted by molar-refractivity contribution is 0.0884. The second-order valence-corrected chi connectivity index (χ2v) is 5.55. The first-order valence-corrected chi connectivity index (χ1v) is 6.81. The number of hydrogen-bond acceptors (Lipinski definition) is 2. The van der Waals surface area contributed by atoms with Crippen LogP contribution < -0.4 is 5.32 Å². The van der Waals surface area contributed by atoms with Crippen LogP contribution in [0.5, 0.6) is 0 Å². The zero-order valence-electron chi connectivity index (χ0n) is 12.6. The Bertz CT molecular complexity index is 427. The molecule has 0 radical (unpaired) electrons. The van der Waals surface area contributed by atoms with Crippen LogP contribution in [0, 0.1) is 19.8 Å². The van der Waals surface area contributed by atoms with Crippen molar-refractivity contribution in [3.05, 3.63) is 34.9 Å². The van der Waals surface area contributed by atoms with Gasteiger partial charge in [-0.15, -0.1) is 0 Å². The van der Waals surface area contributed by atoms with Crippen molar-refractivity contribution >= 4 is 5.91 Å². The van der Waals surface area contributed by atoms with Gasteiger partial charge in [0.25, 0.3) is 5.91 Å². The molecular weight excluding hydrogens is 238 g/mol. The summed E-state index contributed by atoms with van der Waals surface area (Å²) in [6, 6.07) is 5.86. The Morgan fingerprint density at radius 3 is 2.47 bits per heavy atom. The van der Waals surface area contributed by atoms with Gasteiger partial charge in [0.05, 0.1) is 12.6 Å². The maximum Gasteiger partial charge on any atom is 0.251 e. The highest BCUT2D eigenvalue weighted by Gasteiger charge is 2.15. The smallest absolute Gasteiger partial charge is 0.251 e. The molecule has 0 aliphatic carbocycles. The van der Waals surface area contributed by atoms with Gasteiger partial charge in [0.1, 0.15) is 0 Å². The summed E-state index contributed by atoms with van der Waals surface area (Å²) < 4.78 is 5.17. The number of aryl methyl sites for hydroxylation is 2. The highest BCUT2D eigenvalue weighted by Crippen LogP contribution is 2.11. The van der Waals surface area contributed by atoms with Crippen LogP contribution in [0.3, 0.4) is 0 Å². The third-order valence-electron chi connectivity index (χ3n) is 3.23. The minimum atomic E-state index is -0.0224. The number of rotatable bonds is 6. The maximum atomic E-state index is 12.2. The average Bonchev–Trinajstić information content (AvgIpc) is 2.32. The molecule has 0 aliphatic rings. The Labute approximate surface area is 116 Å². The van der Waals surface area contributed by atoms with E-state index in [-0.39, 0.29) is 11.9 Å². The van der Waals surface area contributed by atoms with Gasteiger partial charge in [0.2, 0.25) is 0 Å². The molecule has 0 saturated heterocycles. The Morgan fingerprint density at radius 2 is 1.95 bits per heavy atom. The molecule has 106 valence electrons. The summed E-state index contributed by atoms with van der Waals surface area (Å²) in [5, 5.41) is 3.05. The van der Waals surface area contributed by atoms with E-state index in [9.17, 15) is 4.79 Å². The van der Waals surface area contributed by atoms with Gasteiger partial charge >= 0.3 is 0 Å². The number of benzene rings is 1. The minimum Gasteiger partial charge on any atom is -0.383 e. The quantitative estimate of drug-likeness (QED) is 0.856. The average molecular weight is 263 g/mol. The first-order chi connectivity index (χ1) is 8.93. The first-order valence-electron chi connectivity index (χ1n) is 6.81. The molecule has 1 N–H and O–H groups in total. The number of carbonyl (C=O) groups excluding carboxylic acids is 1. The SMILES string of the molecule is COCC(CC(C)C)NC(=O)c1ccc(C)c(C)c1. The molecule has 1 unspecified atom stereocenters. The summed E-state index contributed by atoms with van der Waals surface area (Å²) in [7, 11) is 1.66. The largest absolute Gasteiger partial charge is 0.383 e. The lowest BCUT2D eigenvalue weighted by atomic mass is 10.0. The van der Waals surface area contributed by atoms with E-state index in [1.165, 1.54) is 5.56 Å². The molecule has 1 amide bonds. The van der Waals surface area contributed by atoms with Crippen molar-refractivity contribution in [2.75, 3.05) is 13.7 Å². The standard InChI is InChI=1S/C16H25NO2/c1-11(2)8-15(10-19-5)17-16(18)14-7-6-12(3)13(4)9-14/h6-7,9,11,15H,8,10H2,1-5H3,(H,17,18). The predicted molar refractivity (Wildman–Crippen MR) is 78.5 cm³/mol. The van der Waals surface area contributed by atoms with Crippen molar-refractivity contribution in [2.24, 2.45) is 5.92 Å². The van der Waals surface area contributed by atoms with Crippen LogP contribution in [0.15, 0.2) is 18.2 Å². The van der Waals surface area contributed by atoms with Gasteiger partial charge in [-0.25, -0.2) is 0 Å². The van der Waals surface area contributed by atoms with Gasteiger partial charge in [-0.1, -0.05) is 19.9 Å². The van der Waals surface area contributed by atoms with Crippen molar-refractivity contribution in [2.45, 2.75) is 40.2 Å². The molecule has 0 aliphatic heterocycles. The van der Waals surface area contributed by atoms with E-state index >= 15 is 0 Å². The van der Waals surface area contributed by atoms with Crippen LogP contribution in [0.1, 0.15) is 41.8 Å². The molecule has 0 spiro atoms. The number of methoxy groups -OCH3 is 1. The van der Waals surface area contributed by atoms with E-state index in [1.54, 1.807) is 7.11 Å². The fourth-order valence-electron chi connectivity index (χ4n) is 2.09. The van der Waals surface area contributed by atoms with Gasteiger partial charge in [-0.3, -0.25) is 4.79 Å². The molecule has 19 heavy (non-hydrogen) atoms. The van der Waals surface area contributed by atoms with Gasteiger partial charge in [-0.05, 0) is 49.4 Å². The second kappa shape index (κ2) is 7.29. The fourth-order valence-corrected chi connectivity index (χ4v) is 2.09. The number of nitrogens with one attached hydrogen (secondary N) is 1. The zero-order chi connectivity index (χ0) is 14.4. The molecule has 3 nitrogen and oxygen atoms in total. The first kappa shape index (κ1) is 15.7. The summed E-state index contributed by atoms with van der Waals surface area (Å²) in [5.74, 6) is 0.506. The molecule has 0 heterocycles. The Hall–Kier alpha value is -1.35. The number of hydrogen-bond donors (Lipinski definition) is 1. The number of amides is 1. The fraction of sp³-hybridized carbons (Fsp3) is 0.562. The topological polar surface area (TPSA) is 38.3 Å². The normalized spacial score (nSPS) is 12.5. The Morgan fingerprint density at radius 1 is 1.26 bits per heavy atom. The van der Waals surface area contributed by atoms with E-state index in [4.69, 9.17) is 4.74 Å². The van der Waals surface area contributed by atoms with Crippen molar-refractivity contribution in [1.29, 1.82) is 0 Å². The van der Waals surface area contributed by atoms with E-state index in [2.05, 4.69) is 19.2 Å². The van der Waals surface area contributed by atoms with Crippen LogP contribution in [-0.2, 0) is 4.74 Å². The predicted octanol–water partition coefficient (Wildman–Crippen LogP) is 3.09. The van der Waals surface area contributed by atoms with Crippen molar-refractivity contribution < 1.29 is 9.53 Å². The summed E-state index contributed by atoms with van der Waals surface area (Å²) in [6.07, 6.45) is 0.921. The summed E-state index contributed by atoms with van der Waals surface area (Å²) in [6.45, 7) is 8.90. The molecular formula is C16H25NO2. The van der Waals surface area contributed by atoms with Crippen LogP contribution in [0.25, 0.3) is 0 Å². The summed E-state index contributed by atoms with van der Waals surface area (Å²) >= 11 is 0. The second-order valence-electron chi connectivity index (χ2n) is 5.55. The molecule has 0 bridgehead atoms. The lowest BCUT2D eigenvalue weighted by Crippen LogP contribution is -2.39. The number of carbonyl (C=O) groups is 1. The van der Waals surface area contributed by atoms with E-state index in [0.717, 1.165) is 12.0 Å². The van der Waals surface area contributed by atoms with E-state index < -0.39 is 0 Å². The van der Waals surface area contributed by atoms with Crippen LogP contribution in [0.4, 0.5) is 0 Å². The molecule has 1 atom stereocenters. The summed E-state index contributed by atoms with van der Waals surface area (Å²) in [5.41, 5.74) is 3.06. The molecule has 0 aromatic heterocycles. The zero-order valence-corrected chi connectivity index (χ0v) is 12.6. The summed E-state index contributed by atoms with van der Waals surface area (Å²) in [4.78, 5) is 12.2. The Kier molecular flexibility index (Phi) is 6.03. The van der Waals surface area contributed by atoms with E-state index in [0.29, 0.717) is 18.1 Å². The number of ether oxygens (including phenoxy) is 1. The third-order valence-corrected chi connectivity index (χ3v) is 3.23. The third kappa shape index (κ3) is 5.03. The molecule has 0 fully saturated rings. The van der Waals surface area contributed by atoms with Crippen molar-refractivity contribution in [3.63, 3.8) is 0 Å². The van der Waals surface area contributed by atoms with E-state index in [1.807, 2.05) is 32.0 Å². The van der Waals surface area contributed by atoms with Gasteiger partial charge in [-0.2, -0.15) is 0 Å². The van der Waals surface area contributed by atoms with Gasteiger partial charge in [0, 0.05) is 12.7 Å². The molecule has 1 aromatic carbocycles. The van der Waals surface area contributed by atoms with Crippen LogP contribution in [0.2, 0.25) is 0 Å². The van der Waals surface area contributed by atoms with Gasteiger partial charge < -0.3 is 10.1 Å². The van der Waals surface area contributed by atoms with Crippen LogP contribution >= 0.6 is 0 Å². The van der Waals surface area contributed by atoms with Crippen molar-refractivity contribution in [1.82, 2.24) is 5.32 Å². The minimum absolute atomic E-state index is 0.0224. The maximum absolute atomic E-state index is 12.2. The van der Waals surface area contributed by atoms with Crippen LogP contribution in [-0.4, -0.2) is 25.7 Å².